The third kappa shape index (κ3) is 5.25. The molecule has 30 heavy (non-hydrogen) atoms. The van der Waals surface area contributed by atoms with Gasteiger partial charge in [-0.05, 0) is 42.3 Å². The molecular formula is C21H21ClFN5OS. The highest BCUT2D eigenvalue weighted by molar-refractivity contribution is 7.09. The van der Waals surface area contributed by atoms with Crippen LogP contribution in [0.15, 0.2) is 48.5 Å². The number of nitrogens with zero attached hydrogens (tertiary/aromatic N) is 4. The number of hydrogen-bond donors (Lipinski definition) is 1. The maximum Gasteiger partial charge on any atom is 0.321 e. The summed E-state index contributed by atoms with van der Waals surface area (Å²) in [6.45, 7) is 2.67. The molecule has 0 spiro atoms. The van der Waals surface area contributed by atoms with Crippen LogP contribution in [0.1, 0.15) is 17.8 Å². The minimum Gasteiger partial charge on any atom is -0.345 e. The van der Waals surface area contributed by atoms with Gasteiger partial charge in [0.15, 0.2) is 0 Å². The Morgan fingerprint density at radius 1 is 1.13 bits per heavy atom. The summed E-state index contributed by atoms with van der Waals surface area (Å²) >= 11 is 7.32. The lowest BCUT2D eigenvalue weighted by atomic mass is 10.1. The van der Waals surface area contributed by atoms with Crippen LogP contribution >= 0.6 is 23.1 Å². The van der Waals surface area contributed by atoms with Crippen molar-refractivity contribution in [3.63, 3.8) is 0 Å². The van der Waals surface area contributed by atoms with E-state index >= 15 is 0 Å². The molecule has 1 fully saturated rings. The van der Waals surface area contributed by atoms with Crippen molar-refractivity contribution in [1.82, 2.24) is 14.3 Å². The van der Waals surface area contributed by atoms with Gasteiger partial charge in [0.05, 0.1) is 0 Å². The van der Waals surface area contributed by atoms with Crippen LogP contribution in [0, 0.1) is 5.82 Å². The van der Waals surface area contributed by atoms with E-state index in [1.54, 1.807) is 17.0 Å². The van der Waals surface area contributed by atoms with Crippen molar-refractivity contribution in [3.8, 4) is 0 Å². The van der Waals surface area contributed by atoms with E-state index in [4.69, 9.17) is 11.6 Å². The van der Waals surface area contributed by atoms with Crippen molar-refractivity contribution in [1.29, 1.82) is 0 Å². The molecule has 1 aromatic heterocycles. The van der Waals surface area contributed by atoms with E-state index in [1.165, 1.54) is 23.7 Å². The number of carbonyl (C=O) groups excluding carboxylic acids is 1. The maximum absolute atomic E-state index is 13.3. The van der Waals surface area contributed by atoms with Gasteiger partial charge in [-0.25, -0.2) is 14.2 Å². The first-order valence-corrected chi connectivity index (χ1v) is 10.9. The number of carbonyl (C=O) groups is 1. The van der Waals surface area contributed by atoms with Crippen LogP contribution in [0.3, 0.4) is 0 Å². The number of nitrogens with one attached hydrogen (secondary N) is 1. The normalized spacial score (nSPS) is 14.5. The van der Waals surface area contributed by atoms with Crippen molar-refractivity contribution < 1.29 is 9.18 Å². The summed E-state index contributed by atoms with van der Waals surface area (Å²) in [6, 6.07) is 13.4. The number of rotatable bonds is 4. The molecule has 3 aromatic rings. The van der Waals surface area contributed by atoms with Crippen LogP contribution in [0.4, 0.5) is 20.0 Å². The molecule has 0 saturated carbocycles. The topological polar surface area (TPSA) is 61.4 Å². The zero-order chi connectivity index (χ0) is 20.9. The second-order valence-electron chi connectivity index (χ2n) is 7.06. The second kappa shape index (κ2) is 9.40. The van der Waals surface area contributed by atoms with Gasteiger partial charge >= 0.3 is 6.03 Å². The molecule has 6 nitrogen and oxygen atoms in total. The van der Waals surface area contributed by atoms with E-state index in [0.717, 1.165) is 29.5 Å². The summed E-state index contributed by atoms with van der Waals surface area (Å²) in [6.07, 6.45) is 1.48. The number of benzene rings is 2. The Morgan fingerprint density at radius 2 is 1.97 bits per heavy atom. The number of halogens is 2. The Kier molecular flexibility index (Phi) is 6.44. The molecule has 1 saturated heterocycles. The van der Waals surface area contributed by atoms with Gasteiger partial charge in [0.2, 0.25) is 5.13 Å². The summed E-state index contributed by atoms with van der Waals surface area (Å²) < 4.78 is 17.8. The molecule has 156 valence electrons. The first-order chi connectivity index (χ1) is 14.6. The highest BCUT2D eigenvalue weighted by atomic mass is 35.5. The largest absolute Gasteiger partial charge is 0.345 e. The van der Waals surface area contributed by atoms with E-state index in [2.05, 4.69) is 19.6 Å². The Bertz CT molecular complexity index is 1010. The molecule has 2 heterocycles. The van der Waals surface area contributed by atoms with Crippen molar-refractivity contribution >= 4 is 40.0 Å². The van der Waals surface area contributed by atoms with E-state index in [0.29, 0.717) is 36.8 Å². The van der Waals surface area contributed by atoms with Crippen molar-refractivity contribution in [2.75, 3.05) is 36.4 Å². The molecule has 0 aliphatic carbocycles. The average Bonchev–Trinajstić information content (AvgIpc) is 3.04. The van der Waals surface area contributed by atoms with Crippen molar-refractivity contribution in [2.45, 2.75) is 12.8 Å². The lowest BCUT2D eigenvalue weighted by molar-refractivity contribution is 0.215. The summed E-state index contributed by atoms with van der Waals surface area (Å²) in [5, 5.41) is 4.34. The number of anilines is 2. The number of amides is 2. The number of hydrogen-bond acceptors (Lipinski definition) is 5. The zero-order valence-corrected chi connectivity index (χ0v) is 17.8. The maximum atomic E-state index is 13.3. The van der Waals surface area contributed by atoms with Gasteiger partial charge in [-0.15, -0.1) is 0 Å². The Balaban J connectivity index is 1.34. The smallest absolute Gasteiger partial charge is 0.321 e. The molecule has 9 heteroatoms. The summed E-state index contributed by atoms with van der Waals surface area (Å²) in [5.74, 6) is 0.405. The van der Waals surface area contributed by atoms with Gasteiger partial charge in [-0.2, -0.15) is 4.37 Å². The molecule has 4 rings (SSSR count). The minimum absolute atomic E-state index is 0.219. The van der Waals surface area contributed by atoms with E-state index < -0.39 is 0 Å². The SMILES string of the molecule is O=C(Nc1cccc(F)c1)N1CCCN(c2nc(Cc3ccc(Cl)cc3)ns2)CC1. The molecule has 0 unspecified atom stereocenters. The van der Waals surface area contributed by atoms with Gasteiger partial charge in [0.25, 0.3) is 0 Å². The quantitative estimate of drug-likeness (QED) is 0.634. The highest BCUT2D eigenvalue weighted by Gasteiger charge is 2.21. The fraction of sp³-hybridized carbons (Fsp3) is 0.286. The summed E-state index contributed by atoms with van der Waals surface area (Å²) in [4.78, 5) is 21.1. The number of aromatic nitrogens is 2. The second-order valence-corrected chi connectivity index (χ2v) is 8.23. The van der Waals surface area contributed by atoms with Crippen LogP contribution in [-0.2, 0) is 6.42 Å². The third-order valence-corrected chi connectivity index (χ3v) is 5.93. The predicted molar refractivity (Wildman–Crippen MR) is 118 cm³/mol. The predicted octanol–water partition coefficient (Wildman–Crippen LogP) is 4.67. The minimum atomic E-state index is -0.375. The van der Waals surface area contributed by atoms with Crippen LogP contribution < -0.4 is 10.2 Å². The zero-order valence-electron chi connectivity index (χ0n) is 16.2. The number of urea groups is 1. The first-order valence-electron chi connectivity index (χ1n) is 9.70. The van der Waals surface area contributed by atoms with Gasteiger partial charge in [-0.1, -0.05) is 29.8 Å². The molecule has 0 bridgehead atoms. The summed E-state index contributed by atoms with van der Waals surface area (Å²) in [5.41, 5.74) is 1.57. The highest BCUT2D eigenvalue weighted by Crippen LogP contribution is 2.21. The molecule has 1 aliphatic rings. The van der Waals surface area contributed by atoms with Crippen molar-refractivity contribution in [2.24, 2.45) is 0 Å². The van der Waals surface area contributed by atoms with Crippen LogP contribution in [0.2, 0.25) is 5.02 Å². The molecule has 1 aliphatic heterocycles. The van der Waals surface area contributed by atoms with Crippen LogP contribution in [0.5, 0.6) is 0 Å². The van der Waals surface area contributed by atoms with Crippen molar-refractivity contribution in [3.05, 3.63) is 70.8 Å². The third-order valence-electron chi connectivity index (χ3n) is 4.86. The first kappa shape index (κ1) is 20.6. The van der Waals surface area contributed by atoms with E-state index in [1.807, 2.05) is 24.3 Å². The Labute approximate surface area is 183 Å². The fourth-order valence-electron chi connectivity index (χ4n) is 3.31. The van der Waals surface area contributed by atoms with Gasteiger partial charge < -0.3 is 15.1 Å². The molecular weight excluding hydrogens is 425 g/mol. The lowest BCUT2D eigenvalue weighted by Crippen LogP contribution is -2.38. The van der Waals surface area contributed by atoms with Crippen LogP contribution in [0.25, 0.3) is 0 Å². The summed E-state index contributed by atoms with van der Waals surface area (Å²) in [7, 11) is 0. The Hall–Kier alpha value is -2.71. The standard InChI is InChI=1S/C21H21ClFN5OS/c22-16-7-5-15(6-8-16)13-19-25-21(30-26-19)28-10-2-9-27(11-12-28)20(29)24-18-4-1-3-17(23)14-18/h1,3-8,14H,2,9-13H2,(H,24,29). The monoisotopic (exact) mass is 445 g/mol. The van der Waals surface area contributed by atoms with E-state index in [-0.39, 0.29) is 11.8 Å². The fourth-order valence-corrected chi connectivity index (χ4v) is 4.17. The molecule has 2 amide bonds. The average molecular weight is 446 g/mol. The van der Waals surface area contributed by atoms with E-state index in [9.17, 15) is 9.18 Å². The molecule has 0 radical (unpaired) electrons. The van der Waals surface area contributed by atoms with Gasteiger partial charge in [0.1, 0.15) is 11.6 Å². The van der Waals surface area contributed by atoms with Gasteiger partial charge in [0, 0.05) is 54.8 Å². The lowest BCUT2D eigenvalue weighted by Gasteiger charge is -2.22. The Morgan fingerprint density at radius 3 is 2.77 bits per heavy atom. The molecule has 0 atom stereocenters. The van der Waals surface area contributed by atoms with Gasteiger partial charge in [-0.3, -0.25) is 0 Å². The molecule has 1 N–H and O–H groups in total. The molecule has 2 aromatic carbocycles. The van der Waals surface area contributed by atoms with Crippen LogP contribution in [-0.4, -0.2) is 46.5 Å².